The topological polar surface area (TPSA) is 109 Å². The van der Waals surface area contributed by atoms with Gasteiger partial charge < -0.3 is 20.5 Å². The van der Waals surface area contributed by atoms with Crippen LogP contribution in [0.25, 0.3) is 5.57 Å². The van der Waals surface area contributed by atoms with E-state index in [0.29, 0.717) is 22.5 Å². The number of nitrogens with zero attached hydrogens (tertiary/aromatic N) is 1. The molecule has 0 spiro atoms. The number of hydrogen-bond donors (Lipinski definition) is 3. The third-order valence-corrected chi connectivity index (χ3v) is 5.16. The summed E-state index contributed by atoms with van der Waals surface area (Å²) in [6.07, 6.45) is 1.41. The van der Waals surface area contributed by atoms with Gasteiger partial charge >= 0.3 is 0 Å². The summed E-state index contributed by atoms with van der Waals surface area (Å²) < 4.78 is 27.7. The molecular formula is C24H18F2N4O4. The van der Waals surface area contributed by atoms with Gasteiger partial charge in [0.05, 0.1) is 13.1 Å². The lowest BCUT2D eigenvalue weighted by molar-refractivity contribution is -0.115. The molecule has 2 heterocycles. The van der Waals surface area contributed by atoms with Crippen molar-refractivity contribution in [2.75, 3.05) is 17.2 Å². The average molecular weight is 464 g/mol. The summed E-state index contributed by atoms with van der Waals surface area (Å²) in [7, 11) is 0. The average Bonchev–Trinajstić information content (AvgIpc) is 3.09. The van der Waals surface area contributed by atoms with Gasteiger partial charge in [0.2, 0.25) is 5.91 Å². The number of halogens is 2. The van der Waals surface area contributed by atoms with E-state index in [-0.39, 0.29) is 23.6 Å². The standard InChI is InChI=1S/C24H18F2N4O4/c1-13-17-10-15(5-7-20(17)29-22(13)32)28-21(31)11-27-23(33)16-3-2-8-30(24(16)34)12-14-4-6-18(25)19(26)9-14/h2-10H,1,11-12H2,(H,27,33)(H,28,31)(H,29,32). The second-order valence-electron chi connectivity index (χ2n) is 7.53. The Hall–Kier alpha value is -4.60. The minimum Gasteiger partial charge on any atom is -0.343 e. The monoisotopic (exact) mass is 464 g/mol. The van der Waals surface area contributed by atoms with Gasteiger partial charge in [-0.2, -0.15) is 0 Å². The van der Waals surface area contributed by atoms with E-state index in [1.165, 1.54) is 29.0 Å². The van der Waals surface area contributed by atoms with Crippen LogP contribution < -0.4 is 21.5 Å². The maximum atomic E-state index is 13.4. The maximum Gasteiger partial charge on any atom is 0.263 e. The zero-order chi connectivity index (χ0) is 24.4. The van der Waals surface area contributed by atoms with Gasteiger partial charge in [0.1, 0.15) is 5.56 Å². The molecule has 3 amide bonds. The molecule has 2 aromatic carbocycles. The molecule has 0 fully saturated rings. The molecule has 34 heavy (non-hydrogen) atoms. The number of fused-ring (bicyclic) bond motifs is 1. The number of pyridine rings is 1. The van der Waals surface area contributed by atoms with Gasteiger partial charge in [-0.1, -0.05) is 12.6 Å². The van der Waals surface area contributed by atoms with Crippen molar-refractivity contribution in [2.45, 2.75) is 6.54 Å². The first-order valence-corrected chi connectivity index (χ1v) is 10.1. The molecule has 0 atom stereocenters. The highest BCUT2D eigenvalue weighted by atomic mass is 19.2. The Labute approximate surface area is 191 Å². The van der Waals surface area contributed by atoms with Gasteiger partial charge in [-0.05, 0) is 48.0 Å². The van der Waals surface area contributed by atoms with E-state index in [9.17, 15) is 28.0 Å². The van der Waals surface area contributed by atoms with Crippen LogP contribution in [0.5, 0.6) is 0 Å². The number of amides is 3. The normalized spacial score (nSPS) is 12.2. The van der Waals surface area contributed by atoms with E-state index in [1.54, 1.807) is 18.2 Å². The fraction of sp³-hybridized carbons (Fsp3) is 0.0833. The zero-order valence-corrected chi connectivity index (χ0v) is 17.7. The molecule has 0 unspecified atom stereocenters. The molecule has 0 saturated heterocycles. The summed E-state index contributed by atoms with van der Waals surface area (Å²) in [6.45, 7) is 3.21. The predicted molar refractivity (Wildman–Crippen MR) is 121 cm³/mol. The third-order valence-electron chi connectivity index (χ3n) is 5.16. The fourth-order valence-electron chi connectivity index (χ4n) is 3.43. The number of benzene rings is 2. The van der Waals surface area contributed by atoms with Crippen LogP contribution in [0.4, 0.5) is 20.2 Å². The van der Waals surface area contributed by atoms with Crippen molar-refractivity contribution in [3.05, 3.63) is 100.0 Å². The van der Waals surface area contributed by atoms with Crippen molar-refractivity contribution < 1.29 is 23.2 Å². The van der Waals surface area contributed by atoms with E-state index in [1.807, 2.05) is 0 Å². The van der Waals surface area contributed by atoms with Crippen LogP contribution in [0, 0.1) is 11.6 Å². The lowest BCUT2D eigenvalue weighted by atomic mass is 10.1. The van der Waals surface area contributed by atoms with Crippen molar-refractivity contribution in [1.29, 1.82) is 0 Å². The van der Waals surface area contributed by atoms with Crippen molar-refractivity contribution >= 4 is 34.7 Å². The van der Waals surface area contributed by atoms with Crippen molar-refractivity contribution in [1.82, 2.24) is 9.88 Å². The number of carbonyl (C=O) groups excluding carboxylic acids is 3. The maximum absolute atomic E-state index is 13.4. The molecule has 3 aromatic rings. The number of rotatable bonds is 6. The number of anilines is 2. The van der Waals surface area contributed by atoms with Crippen LogP contribution >= 0.6 is 0 Å². The SMILES string of the molecule is C=C1C(=O)Nc2ccc(NC(=O)CNC(=O)c3cccn(Cc4ccc(F)c(F)c4)c3=O)cc21. The first-order chi connectivity index (χ1) is 16.2. The molecule has 172 valence electrons. The van der Waals surface area contributed by atoms with E-state index in [4.69, 9.17) is 0 Å². The number of nitrogens with one attached hydrogen (secondary N) is 3. The van der Waals surface area contributed by atoms with Crippen molar-refractivity contribution in [3.63, 3.8) is 0 Å². The second kappa shape index (κ2) is 9.10. The van der Waals surface area contributed by atoms with Gasteiger partial charge in [-0.25, -0.2) is 8.78 Å². The van der Waals surface area contributed by atoms with Gasteiger partial charge in [0, 0.05) is 28.7 Å². The zero-order valence-electron chi connectivity index (χ0n) is 17.7. The van der Waals surface area contributed by atoms with Crippen LogP contribution in [0.15, 0.2) is 66.1 Å². The summed E-state index contributed by atoms with van der Waals surface area (Å²) in [5, 5.41) is 7.62. The third kappa shape index (κ3) is 4.60. The van der Waals surface area contributed by atoms with E-state index in [0.717, 1.165) is 12.1 Å². The Bertz CT molecular complexity index is 1410. The Morgan fingerprint density at radius 2 is 1.82 bits per heavy atom. The fourth-order valence-corrected chi connectivity index (χ4v) is 3.43. The first-order valence-electron chi connectivity index (χ1n) is 10.1. The lowest BCUT2D eigenvalue weighted by Crippen LogP contribution is -2.37. The van der Waals surface area contributed by atoms with Gasteiger partial charge in [0.15, 0.2) is 11.6 Å². The molecular weight excluding hydrogens is 446 g/mol. The highest BCUT2D eigenvalue weighted by Crippen LogP contribution is 2.32. The largest absolute Gasteiger partial charge is 0.343 e. The highest BCUT2D eigenvalue weighted by Gasteiger charge is 2.22. The lowest BCUT2D eigenvalue weighted by Gasteiger charge is -2.10. The predicted octanol–water partition coefficient (Wildman–Crippen LogP) is 2.51. The Morgan fingerprint density at radius 3 is 2.59 bits per heavy atom. The van der Waals surface area contributed by atoms with Crippen LogP contribution in [0.1, 0.15) is 21.5 Å². The molecule has 0 radical (unpaired) electrons. The van der Waals surface area contributed by atoms with E-state index in [2.05, 4.69) is 22.5 Å². The molecule has 0 bridgehead atoms. The second-order valence-corrected chi connectivity index (χ2v) is 7.53. The van der Waals surface area contributed by atoms with Crippen LogP contribution in [0.3, 0.4) is 0 Å². The molecule has 10 heteroatoms. The first kappa shape index (κ1) is 22.6. The van der Waals surface area contributed by atoms with Gasteiger partial charge in [-0.3, -0.25) is 19.2 Å². The summed E-state index contributed by atoms with van der Waals surface area (Å²) in [4.78, 5) is 49.1. The molecule has 1 aliphatic rings. The summed E-state index contributed by atoms with van der Waals surface area (Å²) >= 11 is 0. The number of carbonyl (C=O) groups is 3. The molecule has 1 aromatic heterocycles. The molecule has 0 aliphatic carbocycles. The summed E-state index contributed by atoms with van der Waals surface area (Å²) in [5.41, 5.74) is 1.32. The molecule has 3 N–H and O–H groups in total. The van der Waals surface area contributed by atoms with E-state index >= 15 is 0 Å². The number of hydrogen-bond acceptors (Lipinski definition) is 4. The highest BCUT2D eigenvalue weighted by molar-refractivity contribution is 6.31. The molecule has 4 rings (SSSR count). The van der Waals surface area contributed by atoms with Crippen LogP contribution in [-0.2, 0) is 16.1 Å². The van der Waals surface area contributed by atoms with Gasteiger partial charge in [0.25, 0.3) is 17.4 Å². The van der Waals surface area contributed by atoms with Crippen LogP contribution in [0.2, 0.25) is 0 Å². The Morgan fingerprint density at radius 1 is 1.03 bits per heavy atom. The minimum atomic E-state index is -1.04. The Balaban J connectivity index is 1.39. The summed E-state index contributed by atoms with van der Waals surface area (Å²) in [5.74, 6) is -3.67. The molecule has 0 saturated carbocycles. The van der Waals surface area contributed by atoms with Crippen molar-refractivity contribution in [2.24, 2.45) is 0 Å². The Kier molecular flexibility index (Phi) is 6.05. The van der Waals surface area contributed by atoms with Crippen LogP contribution in [-0.4, -0.2) is 28.8 Å². The minimum absolute atomic E-state index is 0.0708. The van der Waals surface area contributed by atoms with Crippen molar-refractivity contribution in [3.8, 4) is 0 Å². The molecule has 1 aliphatic heterocycles. The number of aromatic nitrogens is 1. The summed E-state index contributed by atoms with van der Waals surface area (Å²) in [6, 6.07) is 10.8. The van der Waals surface area contributed by atoms with E-state index < -0.39 is 35.6 Å². The quantitative estimate of drug-likeness (QED) is 0.487. The van der Waals surface area contributed by atoms with Gasteiger partial charge in [-0.15, -0.1) is 0 Å². The smallest absolute Gasteiger partial charge is 0.263 e. The molecule has 8 nitrogen and oxygen atoms in total.